The number of piperidine rings is 1. The number of aliphatic imine (C=N–C) groups is 1. The standard InChI is InChI=1S/C20H34N4S/c1-21-20(22-13-5-8-16-25-3)23(2)17-18-9-11-19(12-10-18)24-14-6-4-7-15-24/h9-12H,4-8,13-17H2,1-3H3,(H,21,22). The Morgan fingerprint density at radius 1 is 1.16 bits per heavy atom. The Balaban J connectivity index is 1.80. The fourth-order valence-corrected chi connectivity index (χ4v) is 3.76. The predicted octanol–water partition coefficient (Wildman–Crippen LogP) is 3.83. The minimum atomic E-state index is 0.880. The number of guanidine groups is 1. The zero-order valence-corrected chi connectivity index (χ0v) is 16.9. The molecule has 1 fully saturated rings. The number of anilines is 1. The number of nitrogens with one attached hydrogen (secondary N) is 1. The van der Waals surface area contributed by atoms with Crippen LogP contribution < -0.4 is 10.2 Å². The third kappa shape index (κ3) is 6.81. The van der Waals surface area contributed by atoms with Gasteiger partial charge in [-0.05, 0) is 61.8 Å². The van der Waals surface area contributed by atoms with E-state index in [2.05, 4.69) is 57.7 Å². The molecule has 2 rings (SSSR count). The predicted molar refractivity (Wildman–Crippen MR) is 113 cm³/mol. The Bertz CT molecular complexity index is 509. The molecule has 1 aliphatic rings. The topological polar surface area (TPSA) is 30.9 Å². The van der Waals surface area contributed by atoms with Crippen molar-refractivity contribution in [2.45, 2.75) is 38.6 Å². The minimum absolute atomic E-state index is 0.880. The average molecular weight is 363 g/mol. The molecule has 0 aliphatic carbocycles. The lowest BCUT2D eigenvalue weighted by Crippen LogP contribution is -2.38. The van der Waals surface area contributed by atoms with Crippen LogP contribution >= 0.6 is 11.8 Å². The molecule has 5 heteroatoms. The number of thioether (sulfide) groups is 1. The molecule has 1 N–H and O–H groups in total. The second kappa shape index (κ2) is 11.3. The summed E-state index contributed by atoms with van der Waals surface area (Å²) in [6.45, 7) is 4.27. The molecular weight excluding hydrogens is 328 g/mol. The van der Waals surface area contributed by atoms with E-state index in [0.29, 0.717) is 0 Å². The van der Waals surface area contributed by atoms with Crippen LogP contribution in [0.25, 0.3) is 0 Å². The van der Waals surface area contributed by atoms with Gasteiger partial charge in [0, 0.05) is 46.0 Å². The van der Waals surface area contributed by atoms with Crippen LogP contribution in [0.4, 0.5) is 5.69 Å². The van der Waals surface area contributed by atoms with Gasteiger partial charge in [0.2, 0.25) is 0 Å². The smallest absolute Gasteiger partial charge is 0.193 e. The number of unbranched alkanes of at least 4 members (excludes halogenated alkanes) is 1. The molecule has 0 spiro atoms. The lowest BCUT2D eigenvalue weighted by molar-refractivity contribution is 0.475. The van der Waals surface area contributed by atoms with Crippen molar-refractivity contribution in [2.75, 3.05) is 50.6 Å². The van der Waals surface area contributed by atoms with Gasteiger partial charge >= 0.3 is 0 Å². The van der Waals surface area contributed by atoms with Crippen LogP contribution in [0.2, 0.25) is 0 Å². The lowest BCUT2D eigenvalue weighted by atomic mass is 10.1. The molecule has 0 radical (unpaired) electrons. The normalized spacial score (nSPS) is 15.3. The van der Waals surface area contributed by atoms with E-state index < -0.39 is 0 Å². The summed E-state index contributed by atoms with van der Waals surface area (Å²) in [4.78, 5) is 9.12. The third-order valence-corrected chi connectivity index (χ3v) is 5.41. The van der Waals surface area contributed by atoms with Crippen molar-refractivity contribution in [1.82, 2.24) is 10.2 Å². The highest BCUT2D eigenvalue weighted by atomic mass is 32.2. The van der Waals surface area contributed by atoms with Gasteiger partial charge in [0.05, 0.1) is 0 Å². The molecule has 1 aliphatic heterocycles. The van der Waals surface area contributed by atoms with E-state index >= 15 is 0 Å². The van der Waals surface area contributed by atoms with E-state index in [-0.39, 0.29) is 0 Å². The van der Waals surface area contributed by atoms with Crippen molar-refractivity contribution >= 4 is 23.4 Å². The summed E-state index contributed by atoms with van der Waals surface area (Å²) in [6, 6.07) is 9.05. The van der Waals surface area contributed by atoms with Crippen LogP contribution in [0.3, 0.4) is 0 Å². The summed E-state index contributed by atoms with van der Waals surface area (Å²) in [5.41, 5.74) is 2.69. The van der Waals surface area contributed by atoms with Gasteiger partial charge in [0.1, 0.15) is 0 Å². The Hall–Kier alpha value is -1.36. The number of benzene rings is 1. The van der Waals surface area contributed by atoms with Gasteiger partial charge in [-0.1, -0.05) is 12.1 Å². The van der Waals surface area contributed by atoms with E-state index in [1.165, 1.54) is 62.2 Å². The summed E-state index contributed by atoms with van der Waals surface area (Å²) < 4.78 is 0. The Labute approximate surface area is 158 Å². The van der Waals surface area contributed by atoms with E-state index in [1.54, 1.807) is 0 Å². The van der Waals surface area contributed by atoms with Crippen molar-refractivity contribution in [1.29, 1.82) is 0 Å². The highest BCUT2D eigenvalue weighted by Crippen LogP contribution is 2.20. The molecule has 0 amide bonds. The van der Waals surface area contributed by atoms with Gasteiger partial charge in [0.25, 0.3) is 0 Å². The van der Waals surface area contributed by atoms with Crippen molar-refractivity contribution in [2.24, 2.45) is 4.99 Å². The minimum Gasteiger partial charge on any atom is -0.372 e. The second-order valence-corrected chi connectivity index (χ2v) is 7.73. The maximum atomic E-state index is 4.41. The van der Waals surface area contributed by atoms with Gasteiger partial charge in [-0.2, -0.15) is 11.8 Å². The summed E-state index contributed by atoms with van der Waals surface area (Å²) in [6.07, 6.45) is 8.64. The number of hydrogen-bond acceptors (Lipinski definition) is 3. The molecule has 1 heterocycles. The number of rotatable bonds is 8. The molecule has 1 aromatic rings. The molecule has 4 nitrogen and oxygen atoms in total. The van der Waals surface area contributed by atoms with E-state index in [1.807, 2.05) is 18.8 Å². The SMILES string of the molecule is CN=C(NCCCCSC)N(C)Cc1ccc(N2CCCCC2)cc1. The van der Waals surface area contributed by atoms with Gasteiger partial charge in [-0.3, -0.25) is 4.99 Å². The second-order valence-electron chi connectivity index (χ2n) is 6.74. The molecular formula is C20H34N4S. The lowest BCUT2D eigenvalue weighted by Gasteiger charge is -2.29. The maximum absolute atomic E-state index is 4.41. The molecule has 0 aromatic heterocycles. The number of hydrogen-bond donors (Lipinski definition) is 1. The summed E-state index contributed by atoms with van der Waals surface area (Å²) in [5, 5.41) is 3.47. The van der Waals surface area contributed by atoms with Crippen molar-refractivity contribution < 1.29 is 0 Å². The van der Waals surface area contributed by atoms with Gasteiger partial charge in [-0.25, -0.2) is 0 Å². The largest absolute Gasteiger partial charge is 0.372 e. The van der Waals surface area contributed by atoms with Crippen LogP contribution in [0.15, 0.2) is 29.3 Å². The fraction of sp³-hybridized carbons (Fsp3) is 0.650. The van der Waals surface area contributed by atoms with Gasteiger partial charge in [0.15, 0.2) is 5.96 Å². The first-order chi connectivity index (χ1) is 12.2. The molecule has 0 saturated carbocycles. The third-order valence-electron chi connectivity index (χ3n) is 4.71. The van der Waals surface area contributed by atoms with Crippen LogP contribution in [-0.4, -0.2) is 56.6 Å². The van der Waals surface area contributed by atoms with E-state index in [4.69, 9.17) is 0 Å². The first-order valence-corrected chi connectivity index (χ1v) is 10.9. The molecule has 0 unspecified atom stereocenters. The average Bonchev–Trinajstić information content (AvgIpc) is 2.66. The monoisotopic (exact) mass is 362 g/mol. The van der Waals surface area contributed by atoms with Crippen molar-refractivity contribution in [3.63, 3.8) is 0 Å². The Kier molecular flexibility index (Phi) is 9.02. The van der Waals surface area contributed by atoms with Crippen LogP contribution in [0.1, 0.15) is 37.7 Å². The zero-order valence-electron chi connectivity index (χ0n) is 16.1. The first kappa shape index (κ1) is 20.0. The summed E-state index contributed by atoms with van der Waals surface area (Å²) in [5.74, 6) is 2.21. The van der Waals surface area contributed by atoms with Gasteiger partial charge in [-0.15, -0.1) is 0 Å². The van der Waals surface area contributed by atoms with Crippen LogP contribution in [0, 0.1) is 0 Å². The molecule has 0 atom stereocenters. The van der Waals surface area contributed by atoms with Gasteiger partial charge < -0.3 is 15.1 Å². The quantitative estimate of drug-likeness (QED) is 0.433. The fourth-order valence-electron chi connectivity index (χ4n) is 3.27. The molecule has 0 bridgehead atoms. The molecule has 1 aromatic carbocycles. The highest BCUT2D eigenvalue weighted by molar-refractivity contribution is 7.98. The highest BCUT2D eigenvalue weighted by Gasteiger charge is 2.11. The van der Waals surface area contributed by atoms with Crippen molar-refractivity contribution in [3.8, 4) is 0 Å². The van der Waals surface area contributed by atoms with Crippen LogP contribution in [0.5, 0.6) is 0 Å². The van der Waals surface area contributed by atoms with Crippen molar-refractivity contribution in [3.05, 3.63) is 29.8 Å². The molecule has 140 valence electrons. The Morgan fingerprint density at radius 3 is 2.52 bits per heavy atom. The summed E-state index contributed by atoms with van der Waals surface area (Å²) in [7, 11) is 3.97. The van der Waals surface area contributed by atoms with Crippen LogP contribution in [-0.2, 0) is 6.54 Å². The van der Waals surface area contributed by atoms with E-state index in [0.717, 1.165) is 19.0 Å². The number of nitrogens with zero attached hydrogens (tertiary/aromatic N) is 3. The molecule has 1 saturated heterocycles. The maximum Gasteiger partial charge on any atom is 0.193 e. The van der Waals surface area contributed by atoms with E-state index in [9.17, 15) is 0 Å². The zero-order chi connectivity index (χ0) is 17.9. The summed E-state index contributed by atoms with van der Waals surface area (Å²) >= 11 is 1.91. The molecule has 25 heavy (non-hydrogen) atoms. The first-order valence-electron chi connectivity index (χ1n) is 9.49. The Morgan fingerprint density at radius 2 is 1.88 bits per heavy atom.